The first-order valence-electron chi connectivity index (χ1n) is 41.2. The van der Waals surface area contributed by atoms with Crippen LogP contribution in [0.2, 0.25) is 0 Å². The molecule has 36 heteroatoms. The van der Waals surface area contributed by atoms with Gasteiger partial charge in [-0.15, -0.1) is 40.8 Å². The van der Waals surface area contributed by atoms with Gasteiger partial charge >= 0.3 is 0 Å². The van der Waals surface area contributed by atoms with Crippen molar-refractivity contribution in [1.82, 2.24) is 80.4 Å². The van der Waals surface area contributed by atoms with E-state index in [4.69, 9.17) is 81.2 Å². The van der Waals surface area contributed by atoms with Gasteiger partial charge in [0.2, 0.25) is 44.4 Å². The molecular formula is C86H116N24O4S8. The Morgan fingerprint density at radius 2 is 0.459 bits per heavy atom. The Bertz CT molecular complexity index is 4690. The summed E-state index contributed by atoms with van der Waals surface area (Å²) in [4.78, 5) is 32.0. The molecule has 0 spiro atoms. The quantitative estimate of drug-likeness (QED) is 0.0811. The van der Waals surface area contributed by atoms with Gasteiger partial charge in [0.15, 0.2) is 0 Å². The molecule has 13 rings (SSSR count). The Balaban J connectivity index is 1.09. The first-order chi connectivity index (χ1) is 57.1. The van der Waals surface area contributed by atoms with Crippen LogP contribution in [0, 0.1) is 21.7 Å². The van der Waals surface area contributed by atoms with Crippen molar-refractivity contribution in [3.05, 3.63) is 139 Å². The van der Waals surface area contributed by atoms with Crippen LogP contribution in [0.5, 0.6) is 23.0 Å². The van der Waals surface area contributed by atoms with E-state index in [1.807, 2.05) is 92.8 Å². The first-order valence-corrected chi connectivity index (χ1v) is 48.0. The van der Waals surface area contributed by atoms with Gasteiger partial charge in [-0.05, 0) is 37.1 Å². The summed E-state index contributed by atoms with van der Waals surface area (Å²) in [5, 5.41) is 124. The van der Waals surface area contributed by atoms with Crippen LogP contribution in [0.4, 0.5) is 20.5 Å². The second kappa shape index (κ2) is 35.8. The number of hydrogen-bond donors (Lipinski definition) is 4. The van der Waals surface area contributed by atoms with Crippen molar-refractivity contribution >= 4 is 157 Å². The van der Waals surface area contributed by atoms with Crippen LogP contribution in [0.1, 0.15) is 243 Å². The predicted octanol–water partition coefficient (Wildman–Crippen LogP) is 20.6. The van der Waals surface area contributed by atoms with E-state index in [1.54, 1.807) is 71.3 Å². The molecular weight excluding hydrogens is 1690 g/mol. The number of phenols is 4. The van der Waals surface area contributed by atoms with E-state index >= 15 is 0 Å². The zero-order chi connectivity index (χ0) is 88.1. The van der Waals surface area contributed by atoms with Crippen LogP contribution in [0.3, 0.4) is 0 Å². The molecule has 5 aliphatic rings. The van der Waals surface area contributed by atoms with Crippen molar-refractivity contribution in [2.75, 3.05) is 52.4 Å². The SMILES string of the molecule is CC(C)(C)C1=NN(/C(=N\c2nnc(C(C)(C)C)s2)N2CCCN(/C(=N/c3nnc(C(C)(C)C)s3)N3N=C(C(C)(C)C)S[C@@H]3c3ccccc3O)CCN(/C(=N/c3nnc(C(C)(C)C)s3)N3N=C(C(C)(C)C)S[C@@H]3c3ccccc3O)CCCN(/C(=N/c3nnc(C(C)(C)C)s3)N3N=C(C(C)(C)C)S[C@@H]3c3ccccc3O)CC2)[C@@H](c2ccccc2O)S1. The van der Waals surface area contributed by atoms with E-state index in [0.717, 1.165) is 40.2 Å². The maximum Gasteiger partial charge on any atom is 0.234 e. The monoisotopic (exact) mass is 1800 g/mol. The van der Waals surface area contributed by atoms with Gasteiger partial charge in [-0.3, -0.25) is 0 Å². The van der Waals surface area contributed by atoms with E-state index in [1.165, 1.54) is 45.3 Å². The number of rotatable bonds is 8. The Morgan fingerprint density at radius 3 is 0.623 bits per heavy atom. The molecule has 4 aromatic carbocycles. The van der Waals surface area contributed by atoms with Crippen molar-refractivity contribution in [2.24, 2.45) is 62.0 Å². The lowest BCUT2D eigenvalue weighted by molar-refractivity contribution is 0.227. The highest BCUT2D eigenvalue weighted by molar-refractivity contribution is 8.15. The zero-order valence-electron chi connectivity index (χ0n) is 74.4. The van der Waals surface area contributed by atoms with Crippen molar-refractivity contribution in [1.29, 1.82) is 0 Å². The summed E-state index contributed by atoms with van der Waals surface area (Å²) in [6.07, 6.45) is 0.830. The number of benzene rings is 4. The highest BCUT2D eigenvalue weighted by Gasteiger charge is 2.47. The van der Waals surface area contributed by atoms with Crippen LogP contribution in [0.15, 0.2) is 137 Å². The molecule has 9 heterocycles. The Morgan fingerprint density at radius 1 is 0.270 bits per heavy atom. The fourth-order valence-corrected chi connectivity index (χ4v) is 21.2. The van der Waals surface area contributed by atoms with Gasteiger partial charge in [0, 0.05) is 118 Å². The maximum absolute atomic E-state index is 12.2. The number of hydrogen-bond acceptors (Lipinski definition) is 28. The average Bonchev–Trinajstić information content (AvgIpc) is 1.63. The van der Waals surface area contributed by atoms with Crippen LogP contribution in [0.25, 0.3) is 0 Å². The Hall–Kier alpha value is -8.52. The maximum atomic E-state index is 12.2. The Kier molecular flexibility index (Phi) is 26.8. The number of aromatic hydroxyl groups is 4. The molecule has 0 bridgehead atoms. The van der Waals surface area contributed by atoms with Gasteiger partial charge in [0.1, 0.15) is 84.7 Å². The lowest BCUT2D eigenvalue weighted by Crippen LogP contribution is -2.52. The molecule has 4 aromatic heterocycles. The number of thioether (sulfide) groups is 4. The van der Waals surface area contributed by atoms with Crippen LogP contribution in [-0.4, -0.2) is 197 Å². The number of hydrazone groups is 4. The van der Waals surface area contributed by atoms with E-state index in [2.05, 4.69) is 186 Å². The molecule has 4 atom stereocenters. The standard InChI is InChI=1S/C86H116N24O4S8/c1-79(2,3)63-91-95-71(119-63)87-75(107-59(51-35-25-29-39-55(51)111)115-67(99-107)83(13,14)15)103-43-33-44-105(77(89-73-97-93-65(121-73)81(7,8)9)109-61(53-37-27-31-41-57(53)113)117-69(101-109)85(19,20)21)49-50-106(78(90-74-98-94-66(122-74)82(10,11)12)110-62(54-38-28-32-42-58(54)114)118-70(102-110)86(22,23)24)46-34-45-104(48-47-103)76(88-72-96-92-64(120-72)80(4,5)6)108-60(52-36-26-30-40-56(52)112)116-68(100-108)84(16,17)18/h25-32,35-42,59-62,111-114H,33-34,43-50H2,1-24H3/b87-75-,88-76-,89-77-,90-78-/t59-,60-,61-,62-/m1/s1. The number of aliphatic imine (C=N–C) groups is 4. The van der Waals surface area contributed by atoms with E-state index in [9.17, 15) is 20.4 Å². The van der Waals surface area contributed by atoms with Crippen LogP contribution >= 0.6 is 92.4 Å². The second-order valence-electron chi connectivity index (χ2n) is 39.0. The number of para-hydroxylation sites is 4. The van der Waals surface area contributed by atoms with E-state index < -0.39 is 43.2 Å². The number of phenolic OH excluding ortho intramolecular Hbond substituents is 4. The van der Waals surface area contributed by atoms with Gasteiger partial charge in [-0.1, -0.05) is 331 Å². The van der Waals surface area contributed by atoms with Crippen molar-refractivity contribution in [3.8, 4) is 23.0 Å². The van der Waals surface area contributed by atoms with Crippen LogP contribution < -0.4 is 0 Å². The van der Waals surface area contributed by atoms with Crippen molar-refractivity contribution < 1.29 is 20.4 Å². The summed E-state index contributed by atoms with van der Waals surface area (Å²) in [5.41, 5.74) is -0.786. The topological polar surface area (TPSA) is 309 Å². The highest BCUT2D eigenvalue weighted by atomic mass is 32.2. The minimum atomic E-state index is -0.625. The molecule has 0 aliphatic carbocycles. The summed E-state index contributed by atoms with van der Waals surface area (Å²) in [5.74, 6) is 2.25. The molecule has 0 amide bonds. The third kappa shape index (κ3) is 21.2. The van der Waals surface area contributed by atoms with Gasteiger partial charge in [0.25, 0.3) is 0 Å². The Labute approximate surface area is 750 Å². The molecule has 1 saturated heterocycles. The molecule has 1 fully saturated rings. The zero-order valence-corrected chi connectivity index (χ0v) is 80.9. The fraction of sp³-hybridized carbons (Fsp3) is 0.535. The summed E-state index contributed by atoms with van der Waals surface area (Å²) >= 11 is 12.0. The molecule has 5 aliphatic heterocycles. The number of guanidine groups is 4. The predicted molar refractivity (Wildman–Crippen MR) is 507 cm³/mol. The molecule has 8 aromatic rings. The van der Waals surface area contributed by atoms with Crippen molar-refractivity contribution in [2.45, 2.75) is 222 Å². The molecule has 0 saturated carbocycles. The second-order valence-corrected chi connectivity index (χ2v) is 47.1. The van der Waals surface area contributed by atoms with Gasteiger partial charge in [-0.25, -0.2) is 20.0 Å². The van der Waals surface area contributed by atoms with Crippen LogP contribution in [-0.2, 0) is 21.7 Å². The van der Waals surface area contributed by atoms with E-state index in [-0.39, 0.29) is 70.8 Å². The number of aromatic nitrogens is 8. The van der Waals surface area contributed by atoms with Gasteiger partial charge in [0.05, 0.1) is 0 Å². The first kappa shape index (κ1) is 91.2. The smallest absolute Gasteiger partial charge is 0.234 e. The van der Waals surface area contributed by atoms with E-state index in [0.29, 0.717) is 106 Å². The summed E-state index contributed by atoms with van der Waals surface area (Å²) in [6, 6.07) is 29.7. The summed E-state index contributed by atoms with van der Waals surface area (Å²) in [7, 11) is 0. The third-order valence-electron chi connectivity index (χ3n) is 19.9. The fourth-order valence-electron chi connectivity index (χ4n) is 13.1. The lowest BCUT2D eigenvalue weighted by atomic mass is 9.98. The summed E-state index contributed by atoms with van der Waals surface area (Å²) in [6.45, 7) is 53.4. The number of nitrogens with zero attached hydrogens (tertiary/aromatic N) is 24. The highest BCUT2D eigenvalue weighted by Crippen LogP contribution is 2.53. The summed E-state index contributed by atoms with van der Waals surface area (Å²) < 4.78 is 0. The van der Waals surface area contributed by atoms with Gasteiger partial charge < -0.3 is 40.0 Å². The normalized spacial score (nSPS) is 20.1. The molecule has 28 nitrogen and oxygen atoms in total. The minimum absolute atomic E-state index is 0.105. The minimum Gasteiger partial charge on any atom is -0.508 e. The molecule has 0 radical (unpaired) electrons. The largest absolute Gasteiger partial charge is 0.508 e. The van der Waals surface area contributed by atoms with Crippen molar-refractivity contribution in [3.63, 3.8) is 0 Å². The van der Waals surface area contributed by atoms with Gasteiger partial charge in [-0.2, -0.15) is 40.4 Å². The molecule has 4 N–H and O–H groups in total. The third-order valence-corrected chi connectivity index (χ3v) is 31.3. The lowest BCUT2D eigenvalue weighted by Gasteiger charge is -2.39. The molecule has 652 valence electrons. The molecule has 0 unspecified atom stereocenters. The average molecular weight is 1810 g/mol. The molecule has 122 heavy (non-hydrogen) atoms.